The molecule has 2 aliphatic rings. The standard InChI is InChI=1S/C15H28N2O3/c1-14(2)11-20-10-9-17(14)8-6-12-5-4-7-15(12,16-3)13(18)19/h12,16H,4-11H2,1-3H3,(H,18,19). The second-order valence-electron chi connectivity index (χ2n) is 6.76. The van der Waals surface area contributed by atoms with E-state index in [0.717, 1.165) is 52.0 Å². The number of hydrogen-bond acceptors (Lipinski definition) is 4. The number of carbonyl (C=O) groups is 1. The lowest BCUT2D eigenvalue weighted by Gasteiger charge is -2.43. The van der Waals surface area contributed by atoms with Gasteiger partial charge in [0, 0.05) is 12.1 Å². The molecule has 0 amide bonds. The highest BCUT2D eigenvalue weighted by atomic mass is 16.5. The van der Waals surface area contributed by atoms with Crippen molar-refractivity contribution in [1.82, 2.24) is 10.2 Å². The highest BCUT2D eigenvalue weighted by molar-refractivity contribution is 5.79. The summed E-state index contributed by atoms with van der Waals surface area (Å²) >= 11 is 0. The molecule has 116 valence electrons. The van der Waals surface area contributed by atoms with Crippen molar-refractivity contribution in [2.45, 2.75) is 50.6 Å². The van der Waals surface area contributed by atoms with Crippen LogP contribution in [0.25, 0.3) is 0 Å². The Hall–Kier alpha value is -0.650. The van der Waals surface area contributed by atoms with Gasteiger partial charge in [0.1, 0.15) is 5.54 Å². The predicted molar refractivity (Wildman–Crippen MR) is 77.9 cm³/mol. The lowest BCUT2D eigenvalue weighted by atomic mass is 9.84. The van der Waals surface area contributed by atoms with E-state index in [2.05, 4.69) is 24.1 Å². The highest BCUT2D eigenvalue weighted by Gasteiger charge is 2.48. The Labute approximate surface area is 121 Å². The number of likely N-dealkylation sites (N-methyl/N-ethyl adjacent to an activating group) is 1. The minimum atomic E-state index is -0.712. The van der Waals surface area contributed by atoms with E-state index < -0.39 is 11.5 Å². The Bertz CT molecular complexity index is 359. The molecule has 0 aromatic heterocycles. The number of hydrogen-bond donors (Lipinski definition) is 2. The highest BCUT2D eigenvalue weighted by Crippen LogP contribution is 2.38. The van der Waals surface area contributed by atoms with E-state index >= 15 is 0 Å². The fourth-order valence-corrected chi connectivity index (χ4v) is 3.80. The molecule has 0 aromatic rings. The van der Waals surface area contributed by atoms with E-state index in [4.69, 9.17) is 4.74 Å². The summed E-state index contributed by atoms with van der Waals surface area (Å²) in [4.78, 5) is 14.1. The van der Waals surface area contributed by atoms with Crippen LogP contribution in [0.3, 0.4) is 0 Å². The molecular formula is C15H28N2O3. The summed E-state index contributed by atoms with van der Waals surface area (Å²) in [6.07, 6.45) is 3.70. The Balaban J connectivity index is 1.97. The quantitative estimate of drug-likeness (QED) is 0.797. The third-order valence-electron chi connectivity index (χ3n) is 5.21. The van der Waals surface area contributed by atoms with E-state index in [-0.39, 0.29) is 11.5 Å². The molecule has 1 saturated carbocycles. The molecule has 5 heteroatoms. The fourth-order valence-electron chi connectivity index (χ4n) is 3.80. The van der Waals surface area contributed by atoms with Gasteiger partial charge in [0.2, 0.25) is 0 Å². The van der Waals surface area contributed by atoms with E-state index in [1.54, 1.807) is 7.05 Å². The number of rotatable bonds is 5. The monoisotopic (exact) mass is 284 g/mol. The first kappa shape index (κ1) is 15.7. The third kappa shape index (κ3) is 2.85. The molecule has 2 fully saturated rings. The molecular weight excluding hydrogens is 256 g/mol. The van der Waals surface area contributed by atoms with Gasteiger partial charge in [-0.25, -0.2) is 0 Å². The van der Waals surface area contributed by atoms with Crippen LogP contribution in [0.5, 0.6) is 0 Å². The van der Waals surface area contributed by atoms with Crippen LogP contribution in [-0.2, 0) is 9.53 Å². The zero-order chi connectivity index (χ0) is 14.8. The van der Waals surface area contributed by atoms with Crippen molar-refractivity contribution < 1.29 is 14.6 Å². The first-order valence-corrected chi connectivity index (χ1v) is 7.67. The topological polar surface area (TPSA) is 61.8 Å². The number of aliphatic carboxylic acids is 1. The van der Waals surface area contributed by atoms with Gasteiger partial charge in [0.05, 0.1) is 13.2 Å². The molecule has 2 rings (SSSR count). The lowest BCUT2D eigenvalue weighted by molar-refractivity contribution is -0.146. The van der Waals surface area contributed by atoms with E-state index in [1.165, 1.54) is 0 Å². The molecule has 0 radical (unpaired) electrons. The van der Waals surface area contributed by atoms with Crippen LogP contribution >= 0.6 is 0 Å². The average molecular weight is 284 g/mol. The average Bonchev–Trinajstić information content (AvgIpc) is 2.81. The molecule has 5 nitrogen and oxygen atoms in total. The molecule has 0 bridgehead atoms. The van der Waals surface area contributed by atoms with Gasteiger partial charge >= 0.3 is 5.97 Å². The number of morpholine rings is 1. The van der Waals surface area contributed by atoms with Crippen LogP contribution < -0.4 is 5.32 Å². The molecule has 20 heavy (non-hydrogen) atoms. The zero-order valence-corrected chi connectivity index (χ0v) is 12.9. The Morgan fingerprint density at radius 1 is 1.50 bits per heavy atom. The summed E-state index contributed by atoms with van der Waals surface area (Å²) in [6, 6.07) is 0. The maximum Gasteiger partial charge on any atom is 0.324 e. The Morgan fingerprint density at radius 2 is 2.25 bits per heavy atom. The van der Waals surface area contributed by atoms with Gasteiger partial charge in [-0.3, -0.25) is 9.69 Å². The number of nitrogens with zero attached hydrogens (tertiary/aromatic N) is 1. The summed E-state index contributed by atoms with van der Waals surface area (Å²) in [5.41, 5.74) is -0.654. The molecule has 1 saturated heterocycles. The van der Waals surface area contributed by atoms with Crippen molar-refractivity contribution in [1.29, 1.82) is 0 Å². The molecule has 2 unspecified atom stereocenters. The molecule has 0 spiro atoms. The summed E-state index contributed by atoms with van der Waals surface area (Å²) in [6.45, 7) is 7.84. The molecule has 2 atom stereocenters. The van der Waals surface area contributed by atoms with Gasteiger partial charge in [0.15, 0.2) is 0 Å². The van der Waals surface area contributed by atoms with Gasteiger partial charge in [-0.1, -0.05) is 6.42 Å². The minimum absolute atomic E-state index is 0.0579. The first-order valence-electron chi connectivity index (χ1n) is 7.67. The zero-order valence-electron chi connectivity index (χ0n) is 12.9. The van der Waals surface area contributed by atoms with Crippen molar-refractivity contribution in [3.63, 3.8) is 0 Å². The van der Waals surface area contributed by atoms with E-state index in [0.29, 0.717) is 0 Å². The smallest absolute Gasteiger partial charge is 0.324 e. The third-order valence-corrected chi connectivity index (χ3v) is 5.21. The Morgan fingerprint density at radius 3 is 2.85 bits per heavy atom. The van der Waals surface area contributed by atoms with Crippen LogP contribution in [0.15, 0.2) is 0 Å². The van der Waals surface area contributed by atoms with Gasteiger partial charge in [-0.15, -0.1) is 0 Å². The summed E-state index contributed by atoms with van der Waals surface area (Å²) in [5.74, 6) is -0.465. The maximum absolute atomic E-state index is 11.6. The summed E-state index contributed by atoms with van der Waals surface area (Å²) in [5, 5.41) is 12.7. The number of ether oxygens (including phenoxy) is 1. The normalized spacial score (nSPS) is 34.2. The summed E-state index contributed by atoms with van der Waals surface area (Å²) < 4.78 is 5.54. The second-order valence-corrected chi connectivity index (χ2v) is 6.76. The fraction of sp³-hybridized carbons (Fsp3) is 0.933. The molecule has 2 N–H and O–H groups in total. The lowest BCUT2D eigenvalue weighted by Crippen LogP contribution is -2.56. The number of nitrogens with one attached hydrogen (secondary N) is 1. The molecule has 0 aromatic carbocycles. The Kier molecular flexibility index (Phi) is 4.72. The van der Waals surface area contributed by atoms with E-state index in [9.17, 15) is 9.90 Å². The van der Waals surface area contributed by atoms with Crippen LogP contribution in [0.2, 0.25) is 0 Å². The molecule has 1 aliphatic carbocycles. The van der Waals surface area contributed by atoms with Gasteiger partial charge in [0.25, 0.3) is 0 Å². The van der Waals surface area contributed by atoms with Crippen LogP contribution in [0.4, 0.5) is 0 Å². The number of carboxylic acid groups (broad SMARTS) is 1. The van der Waals surface area contributed by atoms with Gasteiger partial charge < -0.3 is 15.2 Å². The van der Waals surface area contributed by atoms with Gasteiger partial charge in [-0.2, -0.15) is 0 Å². The predicted octanol–water partition coefficient (Wildman–Crippen LogP) is 1.33. The van der Waals surface area contributed by atoms with Gasteiger partial charge in [-0.05, 0) is 52.6 Å². The van der Waals surface area contributed by atoms with Crippen LogP contribution in [0, 0.1) is 5.92 Å². The van der Waals surface area contributed by atoms with Crippen molar-refractivity contribution in [2.24, 2.45) is 5.92 Å². The maximum atomic E-state index is 11.6. The van der Waals surface area contributed by atoms with Crippen molar-refractivity contribution in [2.75, 3.05) is 33.4 Å². The van der Waals surface area contributed by atoms with Crippen molar-refractivity contribution >= 4 is 5.97 Å². The molecule has 1 aliphatic heterocycles. The minimum Gasteiger partial charge on any atom is -0.480 e. The van der Waals surface area contributed by atoms with Crippen LogP contribution in [-0.4, -0.2) is 60.4 Å². The van der Waals surface area contributed by atoms with Crippen molar-refractivity contribution in [3.8, 4) is 0 Å². The van der Waals surface area contributed by atoms with Crippen molar-refractivity contribution in [3.05, 3.63) is 0 Å². The van der Waals surface area contributed by atoms with E-state index in [1.807, 2.05) is 0 Å². The largest absolute Gasteiger partial charge is 0.480 e. The number of carboxylic acids is 1. The second kappa shape index (κ2) is 6.00. The van der Waals surface area contributed by atoms with Crippen LogP contribution in [0.1, 0.15) is 39.5 Å². The SMILES string of the molecule is CNC1(C(=O)O)CCCC1CCN1CCOCC1(C)C. The summed E-state index contributed by atoms with van der Waals surface area (Å²) in [7, 11) is 1.78. The first-order chi connectivity index (χ1) is 9.42. The molecule has 1 heterocycles.